The van der Waals surface area contributed by atoms with E-state index < -0.39 is 0 Å². The van der Waals surface area contributed by atoms with Crippen LogP contribution < -0.4 is 10.6 Å². The van der Waals surface area contributed by atoms with Crippen molar-refractivity contribution in [2.45, 2.75) is 19.0 Å². The summed E-state index contributed by atoms with van der Waals surface area (Å²) in [6.45, 7) is 3.77. The van der Waals surface area contributed by atoms with Crippen LogP contribution in [0.25, 0.3) is 5.69 Å². The van der Waals surface area contributed by atoms with Gasteiger partial charge in [-0.15, -0.1) is 0 Å². The van der Waals surface area contributed by atoms with E-state index in [1.807, 2.05) is 43.5 Å². The van der Waals surface area contributed by atoms with Gasteiger partial charge in [0.05, 0.1) is 24.9 Å². The van der Waals surface area contributed by atoms with Crippen LogP contribution in [0, 0.1) is 0 Å². The quantitative estimate of drug-likeness (QED) is 0.885. The zero-order valence-electron chi connectivity index (χ0n) is 12.5. The van der Waals surface area contributed by atoms with E-state index in [-0.39, 0.29) is 18.0 Å². The third-order valence-electron chi connectivity index (χ3n) is 3.74. The predicted molar refractivity (Wildman–Crippen MR) is 82.7 cm³/mol. The van der Waals surface area contributed by atoms with E-state index in [4.69, 9.17) is 4.74 Å². The molecule has 2 heterocycles. The Bertz CT molecular complexity index is 621. The summed E-state index contributed by atoms with van der Waals surface area (Å²) in [7, 11) is 0. The van der Waals surface area contributed by atoms with Gasteiger partial charge in [-0.2, -0.15) is 5.10 Å². The summed E-state index contributed by atoms with van der Waals surface area (Å²) in [5.41, 5.74) is 2.01. The average Bonchev–Trinajstić information content (AvgIpc) is 3.10. The number of hydrogen-bond donors (Lipinski definition) is 2. The van der Waals surface area contributed by atoms with E-state index in [2.05, 4.69) is 15.7 Å². The predicted octanol–water partition coefficient (Wildman–Crippen LogP) is 1.04. The Morgan fingerprint density at radius 2 is 2.41 bits per heavy atom. The summed E-state index contributed by atoms with van der Waals surface area (Å²) in [5.74, 6) is -0.0308. The minimum atomic E-state index is -0.273. The van der Waals surface area contributed by atoms with E-state index in [1.54, 1.807) is 10.9 Å². The lowest BCUT2D eigenvalue weighted by Gasteiger charge is -2.25. The second-order valence-corrected chi connectivity index (χ2v) is 5.36. The van der Waals surface area contributed by atoms with Crippen LogP contribution in [0.3, 0.4) is 0 Å². The van der Waals surface area contributed by atoms with Crippen LogP contribution >= 0.6 is 0 Å². The molecule has 3 rings (SSSR count). The molecule has 1 aromatic heterocycles. The maximum absolute atomic E-state index is 12.2. The maximum Gasteiger partial charge on any atom is 0.240 e. The fraction of sp³-hybridized carbons (Fsp3) is 0.375. The zero-order chi connectivity index (χ0) is 15.4. The summed E-state index contributed by atoms with van der Waals surface area (Å²) in [6.07, 6.45) is 3.64. The first kappa shape index (κ1) is 14.7. The van der Waals surface area contributed by atoms with Crippen molar-refractivity contribution in [3.63, 3.8) is 0 Å². The smallest absolute Gasteiger partial charge is 0.240 e. The van der Waals surface area contributed by atoms with Gasteiger partial charge in [-0.05, 0) is 30.7 Å². The Labute approximate surface area is 129 Å². The van der Waals surface area contributed by atoms with Crippen molar-refractivity contribution >= 4 is 5.91 Å². The highest BCUT2D eigenvalue weighted by atomic mass is 16.5. The standard InChI is InChI=1S/C16H20N4O2/c1-12(19-16(21)15-11-22-9-7-17-15)13-4-2-5-14(10-13)20-8-3-6-18-20/h2-6,8,10,12,15,17H,7,9,11H2,1H3,(H,19,21). The number of amides is 1. The number of nitrogens with zero attached hydrogens (tertiary/aromatic N) is 2. The molecular weight excluding hydrogens is 280 g/mol. The lowest BCUT2D eigenvalue weighted by atomic mass is 10.1. The molecule has 2 N–H and O–H groups in total. The van der Waals surface area contributed by atoms with Crippen LogP contribution in [-0.4, -0.2) is 41.5 Å². The van der Waals surface area contributed by atoms with Crippen molar-refractivity contribution in [3.8, 4) is 5.69 Å². The third kappa shape index (κ3) is 3.35. The van der Waals surface area contributed by atoms with Gasteiger partial charge < -0.3 is 15.4 Å². The van der Waals surface area contributed by atoms with E-state index in [0.717, 1.165) is 11.3 Å². The lowest BCUT2D eigenvalue weighted by molar-refractivity contribution is -0.126. The van der Waals surface area contributed by atoms with Crippen LogP contribution in [0.15, 0.2) is 42.7 Å². The number of carbonyl (C=O) groups is 1. The van der Waals surface area contributed by atoms with Crippen molar-refractivity contribution in [1.29, 1.82) is 0 Å². The van der Waals surface area contributed by atoms with E-state index in [9.17, 15) is 4.79 Å². The number of morpholine rings is 1. The largest absolute Gasteiger partial charge is 0.378 e. The highest BCUT2D eigenvalue weighted by Crippen LogP contribution is 2.16. The molecule has 2 unspecified atom stereocenters. The monoisotopic (exact) mass is 300 g/mol. The highest BCUT2D eigenvalue weighted by molar-refractivity contribution is 5.82. The Morgan fingerprint density at radius 3 is 3.14 bits per heavy atom. The molecule has 2 aromatic rings. The Balaban J connectivity index is 1.68. The van der Waals surface area contributed by atoms with Gasteiger partial charge in [0.25, 0.3) is 0 Å². The van der Waals surface area contributed by atoms with Gasteiger partial charge in [0.15, 0.2) is 0 Å². The van der Waals surface area contributed by atoms with Crippen LogP contribution in [0.4, 0.5) is 0 Å². The Morgan fingerprint density at radius 1 is 1.50 bits per heavy atom. The molecule has 1 aliphatic rings. The molecule has 6 nitrogen and oxygen atoms in total. The number of nitrogens with one attached hydrogen (secondary N) is 2. The molecule has 116 valence electrons. The van der Waals surface area contributed by atoms with Gasteiger partial charge in [-0.3, -0.25) is 4.79 Å². The first-order valence-electron chi connectivity index (χ1n) is 7.45. The average molecular weight is 300 g/mol. The first-order chi connectivity index (χ1) is 10.7. The topological polar surface area (TPSA) is 68.2 Å². The normalized spacial score (nSPS) is 19.6. The second kappa shape index (κ2) is 6.72. The fourth-order valence-corrected chi connectivity index (χ4v) is 2.49. The first-order valence-corrected chi connectivity index (χ1v) is 7.45. The minimum Gasteiger partial charge on any atom is -0.378 e. The third-order valence-corrected chi connectivity index (χ3v) is 3.74. The van der Waals surface area contributed by atoms with Crippen molar-refractivity contribution in [3.05, 3.63) is 48.3 Å². The van der Waals surface area contributed by atoms with Crippen molar-refractivity contribution < 1.29 is 9.53 Å². The van der Waals surface area contributed by atoms with Crippen molar-refractivity contribution in [2.75, 3.05) is 19.8 Å². The molecule has 0 saturated carbocycles. The SMILES string of the molecule is CC(NC(=O)C1COCCN1)c1cccc(-n2cccn2)c1. The number of carbonyl (C=O) groups excluding carboxylic acids is 1. The molecule has 0 aliphatic carbocycles. The minimum absolute atomic E-state index is 0.0308. The highest BCUT2D eigenvalue weighted by Gasteiger charge is 2.22. The van der Waals surface area contributed by atoms with Gasteiger partial charge in [0, 0.05) is 18.9 Å². The van der Waals surface area contributed by atoms with Crippen molar-refractivity contribution in [2.24, 2.45) is 0 Å². The second-order valence-electron chi connectivity index (χ2n) is 5.36. The molecular formula is C16H20N4O2. The molecule has 1 amide bonds. The number of benzene rings is 1. The summed E-state index contributed by atoms with van der Waals surface area (Å²) in [5, 5.41) is 10.4. The molecule has 0 spiro atoms. The molecule has 1 aromatic carbocycles. The molecule has 6 heteroatoms. The number of aromatic nitrogens is 2. The van der Waals surface area contributed by atoms with Crippen LogP contribution in [0.5, 0.6) is 0 Å². The number of ether oxygens (including phenoxy) is 1. The van der Waals surface area contributed by atoms with Crippen LogP contribution in [-0.2, 0) is 9.53 Å². The zero-order valence-corrected chi connectivity index (χ0v) is 12.5. The summed E-state index contributed by atoms with van der Waals surface area (Å²) in [6, 6.07) is 9.52. The van der Waals surface area contributed by atoms with Gasteiger partial charge >= 0.3 is 0 Å². The van der Waals surface area contributed by atoms with Gasteiger partial charge in [0.2, 0.25) is 5.91 Å². The summed E-state index contributed by atoms with van der Waals surface area (Å²) < 4.78 is 7.12. The number of hydrogen-bond acceptors (Lipinski definition) is 4. The summed E-state index contributed by atoms with van der Waals surface area (Å²) >= 11 is 0. The van der Waals surface area contributed by atoms with E-state index >= 15 is 0 Å². The molecule has 22 heavy (non-hydrogen) atoms. The maximum atomic E-state index is 12.2. The van der Waals surface area contributed by atoms with Gasteiger partial charge in [-0.25, -0.2) is 4.68 Å². The number of rotatable bonds is 4. The Kier molecular flexibility index (Phi) is 4.50. The van der Waals surface area contributed by atoms with Crippen molar-refractivity contribution in [1.82, 2.24) is 20.4 Å². The lowest BCUT2D eigenvalue weighted by Crippen LogP contribution is -2.51. The molecule has 0 bridgehead atoms. The molecule has 2 atom stereocenters. The molecule has 1 aliphatic heterocycles. The van der Waals surface area contributed by atoms with Crippen LogP contribution in [0.2, 0.25) is 0 Å². The van der Waals surface area contributed by atoms with Gasteiger partial charge in [-0.1, -0.05) is 12.1 Å². The van der Waals surface area contributed by atoms with E-state index in [1.165, 1.54) is 0 Å². The Hall–Kier alpha value is -2.18. The summed E-state index contributed by atoms with van der Waals surface area (Å²) in [4.78, 5) is 12.2. The van der Waals surface area contributed by atoms with E-state index in [0.29, 0.717) is 19.8 Å². The molecule has 0 radical (unpaired) electrons. The molecule has 1 fully saturated rings. The fourth-order valence-electron chi connectivity index (χ4n) is 2.49. The van der Waals surface area contributed by atoms with Crippen LogP contribution in [0.1, 0.15) is 18.5 Å². The van der Waals surface area contributed by atoms with Gasteiger partial charge in [0.1, 0.15) is 6.04 Å². The molecule has 1 saturated heterocycles.